The number of rotatable bonds is 10. The zero-order chi connectivity index (χ0) is 24.8. The predicted octanol–water partition coefficient (Wildman–Crippen LogP) is 4.58. The number of thioether (sulfide) groups is 1. The Hall–Kier alpha value is -3.79. The van der Waals surface area contributed by atoms with Crippen LogP contribution in [0.25, 0.3) is 6.08 Å². The fraction of sp³-hybridized carbons (Fsp3) is 0.280. The zero-order valence-electron chi connectivity index (χ0n) is 19.7. The van der Waals surface area contributed by atoms with E-state index in [1.54, 1.807) is 31.4 Å². The molecule has 35 heavy (non-hydrogen) atoms. The molecular formula is C25H26N4O5S. The van der Waals surface area contributed by atoms with Gasteiger partial charge in [-0.3, -0.25) is 10.2 Å². The largest absolute Gasteiger partial charge is 0.497 e. The Kier molecular flexibility index (Phi) is 7.71. The van der Waals surface area contributed by atoms with Gasteiger partial charge in [0, 0.05) is 0 Å². The van der Waals surface area contributed by atoms with Gasteiger partial charge in [0.1, 0.15) is 29.8 Å². The molecule has 2 aromatic rings. The average molecular weight is 495 g/mol. The highest BCUT2D eigenvalue weighted by molar-refractivity contribution is 8.26. The van der Waals surface area contributed by atoms with Gasteiger partial charge in [0.2, 0.25) is 5.17 Å². The summed E-state index contributed by atoms with van der Waals surface area (Å²) in [6.45, 7) is 4.96. The van der Waals surface area contributed by atoms with Crippen LogP contribution in [0.4, 0.5) is 0 Å². The molecule has 2 aromatic carbocycles. The number of methoxy groups -OCH3 is 1. The van der Waals surface area contributed by atoms with Gasteiger partial charge in [-0.2, -0.15) is 15.1 Å². The minimum absolute atomic E-state index is 0.00455. The summed E-state index contributed by atoms with van der Waals surface area (Å²) in [5.74, 6) is 2.12. The number of carbonyl (C=O) groups excluding carboxylic acids is 1. The first kappa shape index (κ1) is 24.3. The first-order chi connectivity index (χ1) is 17.0. The van der Waals surface area contributed by atoms with Crippen molar-refractivity contribution in [1.29, 1.82) is 5.41 Å². The number of ether oxygens (including phenoxy) is 4. The molecule has 0 atom stereocenters. The van der Waals surface area contributed by atoms with Crippen LogP contribution in [0.3, 0.4) is 0 Å². The molecule has 0 fully saturated rings. The summed E-state index contributed by atoms with van der Waals surface area (Å²) < 4.78 is 22.5. The van der Waals surface area contributed by atoms with Gasteiger partial charge in [0.05, 0.1) is 19.3 Å². The molecule has 0 aliphatic carbocycles. The molecular weight excluding hydrogens is 468 g/mol. The summed E-state index contributed by atoms with van der Waals surface area (Å²) >= 11 is 1.32. The Morgan fingerprint density at radius 3 is 2.46 bits per heavy atom. The lowest BCUT2D eigenvalue weighted by Crippen LogP contribution is -2.35. The van der Waals surface area contributed by atoms with E-state index in [1.807, 2.05) is 38.1 Å². The van der Waals surface area contributed by atoms with E-state index in [0.717, 1.165) is 16.5 Å². The number of nitrogens with one attached hydrogen (secondary N) is 1. The van der Waals surface area contributed by atoms with Crippen molar-refractivity contribution in [1.82, 2.24) is 5.01 Å². The zero-order valence-corrected chi connectivity index (χ0v) is 20.6. The van der Waals surface area contributed by atoms with Gasteiger partial charge in [-0.05, 0) is 73.1 Å². The van der Waals surface area contributed by atoms with Crippen LogP contribution in [0, 0.1) is 5.41 Å². The van der Waals surface area contributed by atoms with E-state index in [0.29, 0.717) is 48.5 Å². The lowest BCUT2D eigenvalue weighted by atomic mass is 10.1. The van der Waals surface area contributed by atoms with Gasteiger partial charge in [0.25, 0.3) is 5.91 Å². The fourth-order valence-electron chi connectivity index (χ4n) is 3.33. The summed E-state index contributed by atoms with van der Waals surface area (Å²) in [4.78, 5) is 16.7. The number of benzene rings is 2. The molecule has 0 aromatic heterocycles. The molecule has 2 aliphatic heterocycles. The molecule has 4 rings (SSSR count). The minimum Gasteiger partial charge on any atom is -0.497 e. The van der Waals surface area contributed by atoms with Crippen molar-refractivity contribution in [3.05, 3.63) is 53.6 Å². The van der Waals surface area contributed by atoms with E-state index in [1.165, 1.54) is 16.8 Å². The van der Waals surface area contributed by atoms with Crippen LogP contribution in [-0.4, -0.2) is 53.9 Å². The Morgan fingerprint density at radius 1 is 1.00 bits per heavy atom. The molecule has 2 aliphatic rings. The van der Waals surface area contributed by atoms with E-state index in [2.05, 4.69) is 10.1 Å². The highest BCUT2D eigenvalue weighted by atomic mass is 32.2. The summed E-state index contributed by atoms with van der Waals surface area (Å²) in [7, 11) is 1.62. The van der Waals surface area contributed by atoms with Crippen molar-refractivity contribution >= 4 is 39.8 Å². The summed E-state index contributed by atoms with van der Waals surface area (Å²) in [5.41, 5.74) is 0.855. The number of nitrogens with zero attached hydrogens (tertiary/aromatic N) is 3. The van der Waals surface area contributed by atoms with Gasteiger partial charge in [-0.1, -0.05) is 13.0 Å². The van der Waals surface area contributed by atoms with E-state index < -0.39 is 5.91 Å². The third-order valence-corrected chi connectivity index (χ3v) is 6.10. The van der Waals surface area contributed by atoms with Gasteiger partial charge < -0.3 is 18.9 Å². The maximum absolute atomic E-state index is 12.6. The second kappa shape index (κ2) is 11.1. The molecule has 9 nitrogen and oxygen atoms in total. The van der Waals surface area contributed by atoms with E-state index in [-0.39, 0.29) is 11.4 Å². The molecule has 0 radical (unpaired) electrons. The van der Waals surface area contributed by atoms with Crippen molar-refractivity contribution in [2.45, 2.75) is 20.3 Å². The second-order valence-corrected chi connectivity index (χ2v) is 8.42. The lowest BCUT2D eigenvalue weighted by molar-refractivity contribution is -0.114. The fourth-order valence-corrected chi connectivity index (χ4v) is 4.15. The van der Waals surface area contributed by atoms with Crippen LogP contribution in [0.2, 0.25) is 0 Å². The Balaban J connectivity index is 1.44. The molecule has 2 heterocycles. The summed E-state index contributed by atoms with van der Waals surface area (Å²) in [6, 6.07) is 12.7. The predicted molar refractivity (Wildman–Crippen MR) is 137 cm³/mol. The number of carbonyl (C=O) groups is 1. The van der Waals surface area contributed by atoms with Crippen LogP contribution >= 0.6 is 11.8 Å². The van der Waals surface area contributed by atoms with Crippen LogP contribution in [0.15, 0.2) is 58.1 Å². The standard InChI is InChI=1S/C25H26N4O5S/c1-4-22-28-29-23(26)19(24(30)27-25(29)35-22)14-16-6-11-20(21(15-16)32-5-2)34-13-12-33-18-9-7-17(31-3)8-10-18/h6-11,14-15,26H,4-5,12-13H2,1-3H3/b19-14+,26-23?. The Morgan fingerprint density at radius 2 is 1.74 bits per heavy atom. The molecule has 10 heteroatoms. The van der Waals surface area contributed by atoms with Gasteiger partial charge >= 0.3 is 0 Å². The smallest absolute Gasteiger partial charge is 0.283 e. The summed E-state index contributed by atoms with van der Waals surface area (Å²) in [5, 5.41) is 15.5. The Labute approximate surface area is 207 Å². The van der Waals surface area contributed by atoms with E-state index in [9.17, 15) is 4.79 Å². The third-order valence-electron chi connectivity index (χ3n) is 5.05. The second-order valence-electron chi connectivity index (χ2n) is 7.38. The van der Waals surface area contributed by atoms with E-state index in [4.69, 9.17) is 24.4 Å². The summed E-state index contributed by atoms with van der Waals surface area (Å²) in [6.07, 6.45) is 2.33. The number of amides is 1. The molecule has 0 saturated carbocycles. The van der Waals surface area contributed by atoms with Crippen molar-refractivity contribution in [2.24, 2.45) is 10.1 Å². The van der Waals surface area contributed by atoms with Gasteiger partial charge in [-0.15, -0.1) is 0 Å². The van der Waals surface area contributed by atoms with Crippen LogP contribution in [0.1, 0.15) is 25.8 Å². The molecule has 0 unspecified atom stereocenters. The highest BCUT2D eigenvalue weighted by Gasteiger charge is 2.35. The molecule has 1 amide bonds. The van der Waals surface area contributed by atoms with Crippen LogP contribution in [-0.2, 0) is 4.79 Å². The number of fused-ring (bicyclic) bond motifs is 1. The highest BCUT2D eigenvalue weighted by Crippen LogP contribution is 2.32. The number of hydrogen-bond acceptors (Lipinski definition) is 8. The molecule has 182 valence electrons. The van der Waals surface area contributed by atoms with Crippen LogP contribution in [0.5, 0.6) is 23.0 Å². The number of hydrazone groups is 1. The maximum Gasteiger partial charge on any atom is 0.283 e. The van der Waals surface area contributed by atoms with Crippen LogP contribution < -0.4 is 18.9 Å². The Bertz CT molecular complexity index is 1210. The molecule has 1 N–H and O–H groups in total. The quantitative estimate of drug-likeness (QED) is 0.381. The van der Waals surface area contributed by atoms with Crippen molar-refractivity contribution < 1.29 is 23.7 Å². The molecule has 0 bridgehead atoms. The van der Waals surface area contributed by atoms with Crippen molar-refractivity contribution in [3.8, 4) is 23.0 Å². The first-order valence-corrected chi connectivity index (χ1v) is 12.0. The van der Waals surface area contributed by atoms with E-state index >= 15 is 0 Å². The van der Waals surface area contributed by atoms with Gasteiger partial charge in [-0.25, -0.2) is 0 Å². The lowest BCUT2D eigenvalue weighted by Gasteiger charge is -2.20. The molecule has 0 spiro atoms. The third kappa shape index (κ3) is 5.65. The minimum atomic E-state index is -0.463. The number of amidine groups is 2. The first-order valence-electron chi connectivity index (χ1n) is 11.2. The normalized spacial score (nSPS) is 16.1. The van der Waals surface area contributed by atoms with Crippen molar-refractivity contribution in [2.75, 3.05) is 26.9 Å². The SMILES string of the molecule is CCOc1cc(/C=C2\C(=N)N3N=C(CC)SC3=NC2=O)ccc1OCCOc1ccc(OC)cc1. The topological polar surface area (TPSA) is 106 Å². The molecule has 0 saturated heterocycles. The van der Waals surface area contributed by atoms with Gasteiger partial charge in [0.15, 0.2) is 17.3 Å². The maximum atomic E-state index is 12.6. The number of aliphatic imine (C=N–C) groups is 1. The van der Waals surface area contributed by atoms with Crippen molar-refractivity contribution in [3.63, 3.8) is 0 Å². The number of hydrogen-bond donors (Lipinski definition) is 1. The average Bonchev–Trinajstić information content (AvgIpc) is 3.29. The monoisotopic (exact) mass is 494 g/mol.